The maximum Gasteiger partial charge on any atom is 0.222 e. The molecule has 0 aromatic carbocycles. The minimum atomic E-state index is 0. The average Bonchev–Trinajstić information content (AvgIpc) is 2.54. The lowest BCUT2D eigenvalue weighted by molar-refractivity contribution is -0.131. The third-order valence-corrected chi connectivity index (χ3v) is 5.71. The molecule has 0 spiro atoms. The van der Waals surface area contributed by atoms with E-state index in [-0.39, 0.29) is 12.4 Å². The number of hydrogen-bond donors (Lipinski definition) is 1. The summed E-state index contributed by atoms with van der Waals surface area (Å²) in [5.74, 6) is 2.51. The summed E-state index contributed by atoms with van der Waals surface area (Å²) in [5.41, 5.74) is 0. The molecule has 0 aromatic heterocycles. The summed E-state index contributed by atoms with van der Waals surface area (Å²) in [6.45, 7) is 5.48. The molecular formula is C18H35ClN2O. The molecule has 0 radical (unpaired) electrons. The molecule has 4 heteroatoms. The smallest absolute Gasteiger partial charge is 0.222 e. The Kier molecular flexibility index (Phi) is 9.42. The standard InChI is InChI=1S/C18H34N2O.ClH/c1-15(17-8-11-19-12-9-17)14-18(21)20(2)13-10-16-6-4-3-5-7-16;/h15-17,19H,3-14H2,1-2H3;1H. The highest BCUT2D eigenvalue weighted by molar-refractivity contribution is 5.85. The van der Waals surface area contributed by atoms with Gasteiger partial charge in [0.05, 0.1) is 0 Å². The number of halogens is 1. The molecule has 130 valence electrons. The van der Waals surface area contributed by atoms with E-state index in [1.54, 1.807) is 0 Å². The number of piperidine rings is 1. The molecule has 1 atom stereocenters. The van der Waals surface area contributed by atoms with Crippen LogP contribution in [0.3, 0.4) is 0 Å². The lowest BCUT2D eigenvalue weighted by Gasteiger charge is -2.30. The number of amides is 1. The molecule has 0 bridgehead atoms. The van der Waals surface area contributed by atoms with Crippen molar-refractivity contribution in [1.29, 1.82) is 0 Å². The highest BCUT2D eigenvalue weighted by Crippen LogP contribution is 2.27. The van der Waals surface area contributed by atoms with Crippen molar-refractivity contribution in [3.05, 3.63) is 0 Å². The Balaban J connectivity index is 0.00000242. The molecule has 3 nitrogen and oxygen atoms in total. The topological polar surface area (TPSA) is 32.3 Å². The van der Waals surface area contributed by atoms with Gasteiger partial charge in [-0.3, -0.25) is 4.79 Å². The zero-order valence-corrected chi connectivity index (χ0v) is 15.3. The van der Waals surface area contributed by atoms with Crippen LogP contribution in [0, 0.1) is 17.8 Å². The van der Waals surface area contributed by atoms with Crippen molar-refractivity contribution in [2.24, 2.45) is 17.8 Å². The van der Waals surface area contributed by atoms with Gasteiger partial charge in [0.15, 0.2) is 0 Å². The van der Waals surface area contributed by atoms with Gasteiger partial charge in [0, 0.05) is 20.0 Å². The monoisotopic (exact) mass is 330 g/mol. The van der Waals surface area contributed by atoms with Crippen LogP contribution in [0.25, 0.3) is 0 Å². The van der Waals surface area contributed by atoms with Gasteiger partial charge in [-0.2, -0.15) is 0 Å². The Hall–Kier alpha value is -0.280. The van der Waals surface area contributed by atoms with Crippen molar-refractivity contribution in [2.45, 2.75) is 64.7 Å². The van der Waals surface area contributed by atoms with Crippen LogP contribution in [0.5, 0.6) is 0 Å². The van der Waals surface area contributed by atoms with Crippen LogP contribution in [0.15, 0.2) is 0 Å². The largest absolute Gasteiger partial charge is 0.346 e. The van der Waals surface area contributed by atoms with Crippen molar-refractivity contribution in [3.8, 4) is 0 Å². The zero-order valence-electron chi connectivity index (χ0n) is 14.5. The van der Waals surface area contributed by atoms with E-state index in [1.807, 2.05) is 11.9 Å². The van der Waals surface area contributed by atoms with Crippen LogP contribution >= 0.6 is 12.4 Å². The van der Waals surface area contributed by atoms with E-state index < -0.39 is 0 Å². The first kappa shape index (κ1) is 19.8. The van der Waals surface area contributed by atoms with E-state index in [9.17, 15) is 4.79 Å². The number of nitrogens with one attached hydrogen (secondary N) is 1. The van der Waals surface area contributed by atoms with Crippen LogP contribution in [0.1, 0.15) is 64.7 Å². The Labute approximate surface area is 143 Å². The van der Waals surface area contributed by atoms with Crippen molar-refractivity contribution >= 4 is 18.3 Å². The van der Waals surface area contributed by atoms with Crippen LogP contribution in [-0.4, -0.2) is 37.5 Å². The van der Waals surface area contributed by atoms with Gasteiger partial charge in [0.2, 0.25) is 5.91 Å². The Morgan fingerprint density at radius 2 is 1.77 bits per heavy atom. The SMILES string of the molecule is CC(CC(=O)N(C)CCC1CCCCC1)C1CCNCC1.Cl. The Morgan fingerprint density at radius 3 is 2.41 bits per heavy atom. The van der Waals surface area contributed by atoms with E-state index in [0.29, 0.717) is 11.8 Å². The van der Waals surface area contributed by atoms with Gasteiger partial charge < -0.3 is 10.2 Å². The third kappa shape index (κ3) is 6.45. The molecule has 2 fully saturated rings. The molecule has 0 aromatic rings. The fourth-order valence-corrected chi connectivity index (χ4v) is 3.99. The molecule has 1 amide bonds. The maximum atomic E-state index is 12.4. The first-order chi connectivity index (χ1) is 10.2. The predicted molar refractivity (Wildman–Crippen MR) is 95.5 cm³/mol. The Bertz CT molecular complexity index is 312. The summed E-state index contributed by atoms with van der Waals surface area (Å²) in [5, 5.41) is 3.41. The first-order valence-electron chi connectivity index (χ1n) is 9.11. The summed E-state index contributed by atoms with van der Waals surface area (Å²) in [4.78, 5) is 14.4. The van der Waals surface area contributed by atoms with Gasteiger partial charge in [-0.05, 0) is 50.1 Å². The molecular weight excluding hydrogens is 296 g/mol. The van der Waals surface area contributed by atoms with Gasteiger partial charge in [-0.15, -0.1) is 12.4 Å². The van der Waals surface area contributed by atoms with E-state index in [4.69, 9.17) is 0 Å². The summed E-state index contributed by atoms with van der Waals surface area (Å²) in [6, 6.07) is 0. The quantitative estimate of drug-likeness (QED) is 0.802. The second kappa shape index (κ2) is 10.5. The molecule has 1 saturated heterocycles. The highest BCUT2D eigenvalue weighted by Gasteiger charge is 2.23. The molecule has 1 heterocycles. The second-order valence-electron chi connectivity index (χ2n) is 7.38. The van der Waals surface area contributed by atoms with E-state index in [2.05, 4.69) is 12.2 Å². The fourth-order valence-electron chi connectivity index (χ4n) is 3.99. The molecule has 1 aliphatic heterocycles. The first-order valence-corrected chi connectivity index (χ1v) is 9.11. The summed E-state index contributed by atoms with van der Waals surface area (Å²) in [6.07, 6.45) is 11.4. The molecule has 1 aliphatic carbocycles. The fraction of sp³-hybridized carbons (Fsp3) is 0.944. The second-order valence-corrected chi connectivity index (χ2v) is 7.38. The van der Waals surface area contributed by atoms with Crippen molar-refractivity contribution in [3.63, 3.8) is 0 Å². The lowest BCUT2D eigenvalue weighted by Crippen LogP contribution is -2.35. The molecule has 2 aliphatic rings. The molecule has 1 unspecified atom stereocenters. The van der Waals surface area contributed by atoms with Gasteiger partial charge >= 0.3 is 0 Å². The number of carbonyl (C=O) groups is 1. The van der Waals surface area contributed by atoms with Gasteiger partial charge in [0.1, 0.15) is 0 Å². The number of rotatable bonds is 6. The van der Waals surface area contributed by atoms with Crippen molar-refractivity contribution < 1.29 is 4.79 Å². The van der Waals surface area contributed by atoms with E-state index in [1.165, 1.54) is 51.4 Å². The lowest BCUT2D eigenvalue weighted by atomic mass is 9.84. The van der Waals surface area contributed by atoms with Crippen LogP contribution in [0.2, 0.25) is 0 Å². The molecule has 1 N–H and O–H groups in total. The van der Waals surface area contributed by atoms with Gasteiger partial charge in [-0.25, -0.2) is 0 Å². The van der Waals surface area contributed by atoms with Crippen LogP contribution < -0.4 is 5.32 Å². The normalized spacial score (nSPS) is 21.9. The Morgan fingerprint density at radius 1 is 1.14 bits per heavy atom. The van der Waals surface area contributed by atoms with Gasteiger partial charge in [0.25, 0.3) is 0 Å². The average molecular weight is 331 g/mol. The minimum absolute atomic E-state index is 0. The molecule has 2 rings (SSSR count). The number of nitrogens with zero attached hydrogens (tertiary/aromatic N) is 1. The maximum absolute atomic E-state index is 12.4. The van der Waals surface area contributed by atoms with Gasteiger partial charge in [-0.1, -0.05) is 39.0 Å². The van der Waals surface area contributed by atoms with E-state index >= 15 is 0 Å². The zero-order chi connectivity index (χ0) is 15.1. The van der Waals surface area contributed by atoms with Crippen LogP contribution in [0.4, 0.5) is 0 Å². The van der Waals surface area contributed by atoms with Crippen LogP contribution in [-0.2, 0) is 4.79 Å². The van der Waals surface area contributed by atoms with Crippen molar-refractivity contribution in [1.82, 2.24) is 10.2 Å². The van der Waals surface area contributed by atoms with Crippen molar-refractivity contribution in [2.75, 3.05) is 26.7 Å². The molecule has 1 saturated carbocycles. The predicted octanol–water partition coefficient (Wildman–Crippen LogP) is 3.86. The highest BCUT2D eigenvalue weighted by atomic mass is 35.5. The summed E-state index contributed by atoms with van der Waals surface area (Å²) in [7, 11) is 2.00. The minimum Gasteiger partial charge on any atom is -0.346 e. The number of carbonyl (C=O) groups excluding carboxylic acids is 1. The summed E-state index contributed by atoms with van der Waals surface area (Å²) < 4.78 is 0. The summed E-state index contributed by atoms with van der Waals surface area (Å²) >= 11 is 0. The molecule has 22 heavy (non-hydrogen) atoms. The third-order valence-electron chi connectivity index (χ3n) is 5.71. The van der Waals surface area contributed by atoms with E-state index in [0.717, 1.165) is 37.9 Å². The number of hydrogen-bond acceptors (Lipinski definition) is 2.